The fraction of sp³-hybridized carbons (Fsp3) is 0.300. The molecule has 0 aliphatic carbocycles. The first-order valence-corrected chi connectivity index (χ1v) is 5.57. The molecule has 0 aliphatic rings. The van der Waals surface area contributed by atoms with Crippen molar-refractivity contribution in [2.24, 2.45) is 0 Å². The van der Waals surface area contributed by atoms with Gasteiger partial charge >= 0.3 is 0 Å². The van der Waals surface area contributed by atoms with Crippen molar-refractivity contribution in [2.45, 2.75) is 18.7 Å². The summed E-state index contributed by atoms with van der Waals surface area (Å²) >= 11 is 9.27. The lowest BCUT2D eigenvalue weighted by Gasteiger charge is -2.06. The van der Waals surface area contributed by atoms with Gasteiger partial charge in [-0.05, 0) is 11.6 Å². The van der Waals surface area contributed by atoms with Crippen LogP contribution in [0.1, 0.15) is 29.3 Å². The summed E-state index contributed by atoms with van der Waals surface area (Å²) in [4.78, 5) is 11.5. The molecule has 1 nitrogen and oxygen atoms in total. The number of halogens is 2. The van der Waals surface area contributed by atoms with Crippen molar-refractivity contribution in [3.05, 3.63) is 34.3 Å². The van der Waals surface area contributed by atoms with Crippen LogP contribution in [-0.2, 0) is 5.33 Å². The minimum atomic E-state index is 0.0973. The summed E-state index contributed by atoms with van der Waals surface area (Å²) in [5, 5.41) is 1.21. The van der Waals surface area contributed by atoms with Gasteiger partial charge in [-0.15, -0.1) is 0 Å². The predicted octanol–water partition coefficient (Wildman–Crippen LogP) is 3.83. The molecule has 1 aromatic carbocycles. The van der Waals surface area contributed by atoms with Gasteiger partial charge in [-0.2, -0.15) is 0 Å². The van der Waals surface area contributed by atoms with Gasteiger partial charge in [0, 0.05) is 17.3 Å². The minimum absolute atomic E-state index is 0.0973. The monoisotopic (exact) mass is 260 g/mol. The Morgan fingerprint density at radius 3 is 2.77 bits per heavy atom. The van der Waals surface area contributed by atoms with Crippen LogP contribution in [0.5, 0.6) is 0 Å². The van der Waals surface area contributed by atoms with E-state index in [-0.39, 0.29) is 5.78 Å². The van der Waals surface area contributed by atoms with Crippen LogP contribution in [0.3, 0.4) is 0 Å². The second kappa shape index (κ2) is 4.77. The molecular weight excluding hydrogens is 251 g/mol. The molecule has 0 N–H and O–H groups in total. The highest BCUT2D eigenvalue weighted by Crippen LogP contribution is 2.23. The lowest BCUT2D eigenvalue weighted by molar-refractivity contribution is 0.0987. The molecule has 13 heavy (non-hydrogen) atoms. The molecule has 3 heteroatoms. The fourth-order valence-electron chi connectivity index (χ4n) is 1.17. The molecule has 0 aliphatic heterocycles. The summed E-state index contributed by atoms with van der Waals surface area (Å²) in [7, 11) is 0. The van der Waals surface area contributed by atoms with Gasteiger partial charge in [0.2, 0.25) is 0 Å². The van der Waals surface area contributed by atoms with Gasteiger partial charge in [0.1, 0.15) is 0 Å². The van der Waals surface area contributed by atoms with Gasteiger partial charge in [-0.3, -0.25) is 4.79 Å². The van der Waals surface area contributed by atoms with E-state index in [0.717, 1.165) is 5.56 Å². The maximum Gasteiger partial charge on any atom is 0.164 e. The SMILES string of the molecule is CCC(=O)c1c(Cl)cccc1CBr. The summed E-state index contributed by atoms with van der Waals surface area (Å²) in [6.45, 7) is 1.84. The van der Waals surface area contributed by atoms with Gasteiger partial charge in [-0.25, -0.2) is 0 Å². The van der Waals surface area contributed by atoms with E-state index in [1.165, 1.54) is 0 Å². The van der Waals surface area contributed by atoms with Crippen molar-refractivity contribution in [1.29, 1.82) is 0 Å². The normalized spacial score (nSPS) is 10.1. The molecule has 0 saturated heterocycles. The molecule has 0 saturated carbocycles. The molecule has 0 fully saturated rings. The maximum absolute atomic E-state index is 11.5. The van der Waals surface area contributed by atoms with E-state index in [0.29, 0.717) is 22.3 Å². The van der Waals surface area contributed by atoms with Gasteiger partial charge in [0.15, 0.2) is 5.78 Å². The number of carbonyl (C=O) groups is 1. The summed E-state index contributed by atoms with van der Waals surface area (Å²) in [6, 6.07) is 5.51. The van der Waals surface area contributed by atoms with Crippen LogP contribution in [0.2, 0.25) is 5.02 Å². The zero-order chi connectivity index (χ0) is 9.84. The van der Waals surface area contributed by atoms with E-state index in [1.54, 1.807) is 6.07 Å². The Labute approximate surface area is 91.2 Å². The van der Waals surface area contributed by atoms with Gasteiger partial charge in [0.25, 0.3) is 0 Å². The summed E-state index contributed by atoms with van der Waals surface area (Å²) < 4.78 is 0. The van der Waals surface area contributed by atoms with Gasteiger partial charge < -0.3 is 0 Å². The summed E-state index contributed by atoms with van der Waals surface area (Å²) in [6.07, 6.45) is 0.490. The molecule has 0 amide bonds. The molecule has 0 unspecified atom stereocenters. The van der Waals surface area contributed by atoms with Crippen molar-refractivity contribution < 1.29 is 4.79 Å². The highest BCUT2D eigenvalue weighted by molar-refractivity contribution is 9.08. The van der Waals surface area contributed by atoms with E-state index in [9.17, 15) is 4.79 Å². The third kappa shape index (κ3) is 2.32. The first kappa shape index (κ1) is 10.7. The largest absolute Gasteiger partial charge is 0.294 e. The Hall–Kier alpha value is -0.340. The van der Waals surface area contributed by atoms with E-state index in [1.807, 2.05) is 19.1 Å². The van der Waals surface area contributed by atoms with E-state index in [2.05, 4.69) is 15.9 Å². The number of rotatable bonds is 3. The number of carbonyl (C=O) groups excluding carboxylic acids is 1. The summed E-state index contributed by atoms with van der Waals surface area (Å²) in [5.41, 5.74) is 1.61. The van der Waals surface area contributed by atoms with Gasteiger partial charge in [0.05, 0.1) is 5.02 Å². The fourth-order valence-corrected chi connectivity index (χ4v) is 1.94. The average Bonchev–Trinajstić information content (AvgIpc) is 2.16. The van der Waals surface area contributed by atoms with Crippen LogP contribution in [0.4, 0.5) is 0 Å². The Bertz CT molecular complexity index is 323. The number of benzene rings is 1. The van der Waals surface area contributed by atoms with E-state index >= 15 is 0 Å². The van der Waals surface area contributed by atoms with Crippen molar-refractivity contribution >= 4 is 33.3 Å². The number of alkyl halides is 1. The molecule has 0 radical (unpaired) electrons. The smallest absolute Gasteiger partial charge is 0.164 e. The minimum Gasteiger partial charge on any atom is -0.294 e. The molecule has 70 valence electrons. The number of ketones is 1. The van der Waals surface area contributed by atoms with E-state index < -0.39 is 0 Å². The maximum atomic E-state index is 11.5. The molecule has 1 aromatic rings. The van der Waals surface area contributed by atoms with Crippen LogP contribution < -0.4 is 0 Å². The first-order chi connectivity index (χ1) is 6.20. The third-order valence-electron chi connectivity index (χ3n) is 1.84. The molecule has 1 rings (SSSR count). The number of hydrogen-bond acceptors (Lipinski definition) is 1. The number of Topliss-reactive ketones (excluding diaryl/α,β-unsaturated/α-hetero) is 1. The predicted molar refractivity (Wildman–Crippen MR) is 58.7 cm³/mol. The Balaban J connectivity index is 3.22. The molecule has 0 atom stereocenters. The second-order valence-corrected chi connectivity index (χ2v) is 3.65. The zero-order valence-corrected chi connectivity index (χ0v) is 9.65. The van der Waals surface area contributed by atoms with Crippen LogP contribution in [0.15, 0.2) is 18.2 Å². The molecule has 0 heterocycles. The van der Waals surface area contributed by atoms with Crippen LogP contribution in [-0.4, -0.2) is 5.78 Å². The highest BCUT2D eigenvalue weighted by Gasteiger charge is 2.12. The van der Waals surface area contributed by atoms with Crippen molar-refractivity contribution in [1.82, 2.24) is 0 Å². The second-order valence-electron chi connectivity index (χ2n) is 2.68. The lowest BCUT2D eigenvalue weighted by atomic mass is 10.0. The van der Waals surface area contributed by atoms with Crippen LogP contribution in [0, 0.1) is 0 Å². The Morgan fingerprint density at radius 2 is 2.23 bits per heavy atom. The average molecular weight is 262 g/mol. The third-order valence-corrected chi connectivity index (χ3v) is 2.76. The lowest BCUT2D eigenvalue weighted by Crippen LogP contribution is -2.01. The molecule has 0 aromatic heterocycles. The van der Waals surface area contributed by atoms with Crippen molar-refractivity contribution in [3.8, 4) is 0 Å². The van der Waals surface area contributed by atoms with Crippen LogP contribution >= 0.6 is 27.5 Å². The molecular formula is C10H10BrClO. The molecule has 0 bridgehead atoms. The van der Waals surface area contributed by atoms with E-state index in [4.69, 9.17) is 11.6 Å². The Morgan fingerprint density at radius 1 is 1.54 bits per heavy atom. The zero-order valence-electron chi connectivity index (χ0n) is 7.31. The Kier molecular flexibility index (Phi) is 3.94. The quantitative estimate of drug-likeness (QED) is 0.597. The highest BCUT2D eigenvalue weighted by atomic mass is 79.9. The van der Waals surface area contributed by atoms with Crippen molar-refractivity contribution in [2.75, 3.05) is 0 Å². The first-order valence-electron chi connectivity index (χ1n) is 4.07. The molecule has 0 spiro atoms. The van der Waals surface area contributed by atoms with Crippen LogP contribution in [0.25, 0.3) is 0 Å². The van der Waals surface area contributed by atoms with Crippen molar-refractivity contribution in [3.63, 3.8) is 0 Å². The summed E-state index contributed by atoms with van der Waals surface area (Å²) in [5.74, 6) is 0.0973. The van der Waals surface area contributed by atoms with Gasteiger partial charge in [-0.1, -0.05) is 46.6 Å². The standard InChI is InChI=1S/C10H10BrClO/c1-2-9(13)10-7(6-11)4-3-5-8(10)12/h3-5H,2,6H2,1H3. The number of hydrogen-bond donors (Lipinski definition) is 0. The topological polar surface area (TPSA) is 17.1 Å².